The third kappa shape index (κ3) is 5.06. The minimum Gasteiger partial charge on any atom is -0.463 e. The normalized spacial score (nSPS) is 15.2. The Morgan fingerprint density at radius 1 is 1.18 bits per heavy atom. The molecule has 1 aliphatic heterocycles. The highest BCUT2D eigenvalue weighted by atomic mass is 35.5. The Kier molecular flexibility index (Phi) is 7.26. The van der Waals surface area contributed by atoms with Crippen molar-refractivity contribution in [3.8, 4) is 11.3 Å². The zero-order valence-electron chi connectivity index (χ0n) is 20.5. The molecule has 1 atom stereocenters. The average molecular weight is 584 g/mol. The molecule has 1 aliphatic rings. The second-order valence-electron chi connectivity index (χ2n) is 8.47. The van der Waals surface area contributed by atoms with Crippen LogP contribution in [0.15, 0.2) is 80.1 Å². The Hall–Kier alpha value is -3.99. The molecule has 4 aromatic rings. The topological polar surface area (TPSA) is 117 Å². The van der Waals surface area contributed by atoms with Gasteiger partial charge in [0.05, 0.1) is 38.9 Å². The van der Waals surface area contributed by atoms with Gasteiger partial charge < -0.3 is 9.15 Å². The van der Waals surface area contributed by atoms with E-state index in [9.17, 15) is 19.7 Å². The van der Waals surface area contributed by atoms with E-state index in [1.54, 1.807) is 50.2 Å². The molecular formula is C27H19Cl2N3O6S. The van der Waals surface area contributed by atoms with Crippen molar-refractivity contribution in [3.63, 3.8) is 0 Å². The predicted octanol–water partition coefficient (Wildman–Crippen LogP) is 5.27. The second-order valence-corrected chi connectivity index (χ2v) is 10.4. The van der Waals surface area contributed by atoms with Gasteiger partial charge in [0.25, 0.3) is 11.2 Å². The lowest BCUT2D eigenvalue weighted by atomic mass is 9.96. The van der Waals surface area contributed by atoms with Crippen LogP contribution in [0.5, 0.6) is 0 Å². The summed E-state index contributed by atoms with van der Waals surface area (Å²) in [5, 5.41) is 12.3. The summed E-state index contributed by atoms with van der Waals surface area (Å²) in [5.41, 5.74) is 1.03. The first-order chi connectivity index (χ1) is 18.7. The van der Waals surface area contributed by atoms with Crippen LogP contribution in [0.1, 0.15) is 31.2 Å². The molecule has 39 heavy (non-hydrogen) atoms. The van der Waals surface area contributed by atoms with Gasteiger partial charge in [-0.3, -0.25) is 19.5 Å². The highest BCUT2D eigenvalue weighted by Crippen LogP contribution is 2.34. The number of aromatic nitrogens is 1. The fourth-order valence-corrected chi connectivity index (χ4v) is 5.64. The number of hydrogen-bond donors (Lipinski definition) is 0. The van der Waals surface area contributed by atoms with Gasteiger partial charge in [0, 0.05) is 22.2 Å². The van der Waals surface area contributed by atoms with Gasteiger partial charge in [-0.05, 0) is 55.8 Å². The largest absolute Gasteiger partial charge is 0.463 e. The van der Waals surface area contributed by atoms with Crippen molar-refractivity contribution < 1.29 is 18.9 Å². The third-order valence-corrected chi connectivity index (χ3v) is 7.49. The number of allylic oxidation sites excluding steroid dienone is 1. The first-order valence-electron chi connectivity index (χ1n) is 11.7. The van der Waals surface area contributed by atoms with Gasteiger partial charge in [-0.25, -0.2) is 9.79 Å². The molecule has 2 aromatic carbocycles. The molecule has 0 spiro atoms. The number of rotatable bonds is 6. The van der Waals surface area contributed by atoms with Crippen molar-refractivity contribution >= 4 is 52.3 Å². The predicted molar refractivity (Wildman–Crippen MR) is 148 cm³/mol. The van der Waals surface area contributed by atoms with Crippen molar-refractivity contribution in [2.24, 2.45) is 4.99 Å². The quantitative estimate of drug-likeness (QED) is 0.173. The Bertz CT molecular complexity index is 1840. The third-order valence-electron chi connectivity index (χ3n) is 6.02. The van der Waals surface area contributed by atoms with E-state index in [0.717, 1.165) is 11.3 Å². The van der Waals surface area contributed by atoms with E-state index in [0.29, 0.717) is 31.4 Å². The minimum atomic E-state index is -0.774. The molecule has 0 saturated heterocycles. The Morgan fingerprint density at radius 3 is 2.59 bits per heavy atom. The molecule has 5 rings (SSSR count). The molecule has 9 nitrogen and oxygen atoms in total. The fourth-order valence-electron chi connectivity index (χ4n) is 4.32. The van der Waals surface area contributed by atoms with Gasteiger partial charge in [0.15, 0.2) is 4.80 Å². The number of ether oxygens (including phenoxy) is 1. The van der Waals surface area contributed by atoms with Gasteiger partial charge in [-0.2, -0.15) is 0 Å². The van der Waals surface area contributed by atoms with E-state index >= 15 is 0 Å². The van der Waals surface area contributed by atoms with E-state index < -0.39 is 16.9 Å². The van der Waals surface area contributed by atoms with E-state index in [1.165, 1.54) is 28.8 Å². The summed E-state index contributed by atoms with van der Waals surface area (Å²) in [7, 11) is 0. The molecule has 0 fully saturated rings. The van der Waals surface area contributed by atoms with Crippen LogP contribution in [0.3, 0.4) is 0 Å². The molecule has 0 radical (unpaired) electrons. The van der Waals surface area contributed by atoms with Gasteiger partial charge in [0.2, 0.25) is 0 Å². The Balaban J connectivity index is 1.63. The fraction of sp³-hybridized carbons (Fsp3) is 0.148. The molecule has 0 amide bonds. The SMILES string of the molecule is CCOC(=O)C1=C(C)N=c2s/c(=C/c3ccc(-c4ccc(Cl)cc4[N+](=O)[O-])o3)c(=O)n2[C@@H]1c1ccc(Cl)cc1. The molecule has 12 heteroatoms. The van der Waals surface area contributed by atoms with Crippen LogP contribution in [-0.2, 0) is 9.53 Å². The molecule has 3 heterocycles. The number of thiazole rings is 1. The van der Waals surface area contributed by atoms with Gasteiger partial charge in [-0.15, -0.1) is 0 Å². The van der Waals surface area contributed by atoms with Crippen LogP contribution in [0, 0.1) is 10.1 Å². The van der Waals surface area contributed by atoms with Gasteiger partial charge in [0.1, 0.15) is 11.5 Å². The van der Waals surface area contributed by atoms with Crippen molar-refractivity contribution in [2.75, 3.05) is 6.61 Å². The van der Waals surface area contributed by atoms with Crippen molar-refractivity contribution in [2.45, 2.75) is 19.9 Å². The standard InChI is InChI=1S/C27H19Cl2N3O6S/c1-3-37-26(34)23-14(2)30-27-31(24(23)15-4-6-16(28)7-5-15)25(33)22(39-27)13-18-9-11-21(38-18)19-10-8-17(29)12-20(19)32(35)36/h4-13,24H,3H2,1-2H3/b22-13+/t24-/m1/s1. The molecule has 2 aromatic heterocycles. The van der Waals surface area contributed by atoms with Gasteiger partial charge >= 0.3 is 5.97 Å². The summed E-state index contributed by atoms with van der Waals surface area (Å²) < 4.78 is 12.9. The first kappa shape index (κ1) is 26.6. The zero-order chi connectivity index (χ0) is 27.8. The van der Waals surface area contributed by atoms with Crippen molar-refractivity contribution in [1.82, 2.24) is 4.57 Å². The average Bonchev–Trinajstić information content (AvgIpc) is 3.48. The molecule has 0 aliphatic carbocycles. The number of esters is 1. The van der Waals surface area contributed by atoms with Crippen molar-refractivity contribution in [1.29, 1.82) is 0 Å². The number of furan rings is 1. The second kappa shape index (κ2) is 10.6. The highest BCUT2D eigenvalue weighted by molar-refractivity contribution is 7.07. The van der Waals surface area contributed by atoms with Crippen LogP contribution in [0.4, 0.5) is 5.69 Å². The molecule has 198 valence electrons. The van der Waals surface area contributed by atoms with Crippen LogP contribution in [0.25, 0.3) is 17.4 Å². The number of fused-ring (bicyclic) bond motifs is 1. The van der Waals surface area contributed by atoms with E-state index in [4.69, 9.17) is 32.4 Å². The molecule has 0 saturated carbocycles. The number of nitrogens with zero attached hydrogens (tertiary/aromatic N) is 3. The molecule has 0 unspecified atom stereocenters. The summed E-state index contributed by atoms with van der Waals surface area (Å²) in [4.78, 5) is 42.6. The van der Waals surface area contributed by atoms with Crippen LogP contribution >= 0.6 is 34.5 Å². The molecule has 0 N–H and O–H groups in total. The number of halogens is 2. The number of benzene rings is 2. The monoisotopic (exact) mass is 583 g/mol. The van der Waals surface area contributed by atoms with Crippen LogP contribution < -0.4 is 14.9 Å². The number of carbonyl (C=O) groups excluding carboxylic acids is 1. The lowest BCUT2D eigenvalue weighted by Gasteiger charge is -2.24. The molecular weight excluding hydrogens is 565 g/mol. The number of carbonyl (C=O) groups is 1. The summed E-state index contributed by atoms with van der Waals surface area (Å²) in [6.07, 6.45) is 1.54. The smallest absolute Gasteiger partial charge is 0.338 e. The molecule has 0 bridgehead atoms. The Labute approximate surface area is 235 Å². The number of hydrogen-bond acceptors (Lipinski definition) is 8. The maximum Gasteiger partial charge on any atom is 0.338 e. The Morgan fingerprint density at radius 2 is 1.90 bits per heavy atom. The van der Waals surface area contributed by atoms with E-state index in [-0.39, 0.29) is 39.8 Å². The van der Waals surface area contributed by atoms with E-state index in [2.05, 4.69) is 4.99 Å². The summed E-state index contributed by atoms with van der Waals surface area (Å²) in [6.45, 7) is 3.57. The van der Waals surface area contributed by atoms with Crippen LogP contribution in [-0.4, -0.2) is 22.1 Å². The summed E-state index contributed by atoms with van der Waals surface area (Å²) in [6, 6.07) is 13.6. The summed E-state index contributed by atoms with van der Waals surface area (Å²) in [5.74, 6) is -0.00558. The van der Waals surface area contributed by atoms with Gasteiger partial charge in [-0.1, -0.05) is 46.7 Å². The first-order valence-corrected chi connectivity index (χ1v) is 13.2. The maximum atomic E-state index is 13.7. The maximum absolute atomic E-state index is 13.7. The summed E-state index contributed by atoms with van der Waals surface area (Å²) >= 11 is 13.1. The number of nitro groups is 1. The highest BCUT2D eigenvalue weighted by Gasteiger charge is 2.33. The lowest BCUT2D eigenvalue weighted by molar-refractivity contribution is -0.384. The lowest BCUT2D eigenvalue weighted by Crippen LogP contribution is -2.39. The van der Waals surface area contributed by atoms with E-state index in [1.807, 2.05) is 0 Å². The number of nitro benzene ring substituents is 1. The van der Waals surface area contributed by atoms with Crippen LogP contribution in [0.2, 0.25) is 10.0 Å². The zero-order valence-corrected chi connectivity index (χ0v) is 22.8. The van der Waals surface area contributed by atoms with Crippen molar-refractivity contribution in [3.05, 3.63) is 117 Å². The minimum absolute atomic E-state index is 0.167.